The standard InChI is InChI=1S/C35H36NO5P/c1-3-40-33(37)25-24-32(35(39)41-4-2)36-34(38)28-22-20-27(21-23-28)26-42(29-14-8-5-9-15-29,30-16-10-6-11-17-30)31-18-12-7-13-19-31/h5-23,32H,3-4,24-26H2,1-2H3/p+1. The molecule has 0 heterocycles. The predicted molar refractivity (Wildman–Crippen MR) is 169 cm³/mol. The van der Waals surface area contributed by atoms with Gasteiger partial charge in [0.05, 0.1) is 19.4 Å². The molecule has 0 aliphatic carbocycles. The number of nitrogens with one attached hydrogen (secondary N) is 1. The van der Waals surface area contributed by atoms with Crippen LogP contribution in [0.15, 0.2) is 115 Å². The third-order valence-corrected chi connectivity index (χ3v) is 11.4. The van der Waals surface area contributed by atoms with E-state index in [0.29, 0.717) is 5.56 Å². The van der Waals surface area contributed by atoms with Gasteiger partial charge < -0.3 is 14.8 Å². The van der Waals surface area contributed by atoms with E-state index in [4.69, 9.17) is 9.47 Å². The van der Waals surface area contributed by atoms with E-state index in [1.165, 1.54) is 15.9 Å². The maximum Gasteiger partial charge on any atom is 0.328 e. The van der Waals surface area contributed by atoms with Crippen LogP contribution in [0.3, 0.4) is 0 Å². The van der Waals surface area contributed by atoms with Crippen molar-refractivity contribution in [1.29, 1.82) is 0 Å². The van der Waals surface area contributed by atoms with Gasteiger partial charge in [-0.15, -0.1) is 0 Å². The molecule has 216 valence electrons. The highest BCUT2D eigenvalue weighted by molar-refractivity contribution is 7.95. The molecular formula is C35H37NO5P+. The first-order chi connectivity index (χ1) is 20.5. The van der Waals surface area contributed by atoms with Crippen LogP contribution in [-0.4, -0.2) is 37.1 Å². The van der Waals surface area contributed by atoms with E-state index in [2.05, 4.69) is 78.1 Å². The summed E-state index contributed by atoms with van der Waals surface area (Å²) in [6, 6.07) is 38.5. The Balaban J connectivity index is 1.62. The highest BCUT2D eigenvalue weighted by Crippen LogP contribution is 2.58. The van der Waals surface area contributed by atoms with E-state index in [1.807, 2.05) is 30.3 Å². The van der Waals surface area contributed by atoms with E-state index in [9.17, 15) is 14.4 Å². The Hall–Kier alpha value is -4.28. The minimum absolute atomic E-state index is 0.000776. The van der Waals surface area contributed by atoms with E-state index in [1.54, 1.807) is 26.0 Å². The van der Waals surface area contributed by atoms with Crippen LogP contribution >= 0.6 is 7.26 Å². The molecule has 0 aromatic heterocycles. The number of rotatable bonds is 13. The molecule has 4 aromatic carbocycles. The second-order valence-electron chi connectivity index (χ2n) is 9.79. The summed E-state index contributed by atoms with van der Waals surface area (Å²) >= 11 is 0. The zero-order valence-corrected chi connectivity index (χ0v) is 25.0. The lowest BCUT2D eigenvalue weighted by Gasteiger charge is -2.28. The molecule has 4 rings (SSSR count). The molecule has 6 nitrogen and oxygen atoms in total. The fraction of sp³-hybridized carbons (Fsp3) is 0.229. The smallest absolute Gasteiger partial charge is 0.328 e. The molecule has 7 heteroatoms. The third kappa shape index (κ3) is 7.51. The fourth-order valence-corrected chi connectivity index (χ4v) is 9.28. The van der Waals surface area contributed by atoms with Gasteiger partial charge in [-0.2, -0.15) is 0 Å². The first-order valence-electron chi connectivity index (χ1n) is 14.2. The van der Waals surface area contributed by atoms with Crippen molar-refractivity contribution in [1.82, 2.24) is 5.32 Å². The monoisotopic (exact) mass is 582 g/mol. The van der Waals surface area contributed by atoms with Gasteiger partial charge in [0.1, 0.15) is 29.2 Å². The maximum atomic E-state index is 13.2. The van der Waals surface area contributed by atoms with Crippen LogP contribution in [-0.2, 0) is 25.2 Å². The molecule has 0 fully saturated rings. The maximum absolute atomic E-state index is 13.2. The van der Waals surface area contributed by atoms with Crippen molar-refractivity contribution in [3.8, 4) is 0 Å². The Kier molecular flexibility index (Phi) is 11.0. The van der Waals surface area contributed by atoms with E-state index in [0.717, 1.165) is 11.7 Å². The number of carbonyl (C=O) groups is 3. The summed E-state index contributed by atoms with van der Waals surface area (Å²) in [6.07, 6.45) is 0.873. The summed E-state index contributed by atoms with van der Waals surface area (Å²) < 4.78 is 10.1. The molecular weight excluding hydrogens is 545 g/mol. The van der Waals surface area contributed by atoms with Crippen molar-refractivity contribution in [3.05, 3.63) is 126 Å². The van der Waals surface area contributed by atoms with Crippen LogP contribution in [0.1, 0.15) is 42.6 Å². The molecule has 0 radical (unpaired) electrons. The first kappa shape index (κ1) is 30.7. The second kappa shape index (κ2) is 15.1. The van der Waals surface area contributed by atoms with Gasteiger partial charge >= 0.3 is 11.9 Å². The van der Waals surface area contributed by atoms with E-state index in [-0.39, 0.29) is 26.1 Å². The number of hydrogen-bond acceptors (Lipinski definition) is 5. The zero-order valence-electron chi connectivity index (χ0n) is 24.1. The molecule has 0 aliphatic rings. The Morgan fingerprint density at radius 3 is 1.60 bits per heavy atom. The van der Waals surface area contributed by atoms with Gasteiger partial charge in [-0.3, -0.25) is 9.59 Å². The van der Waals surface area contributed by atoms with Crippen molar-refractivity contribution in [2.45, 2.75) is 38.9 Å². The molecule has 1 amide bonds. The van der Waals surface area contributed by atoms with Crippen molar-refractivity contribution in [3.63, 3.8) is 0 Å². The minimum Gasteiger partial charge on any atom is -0.466 e. The number of carbonyl (C=O) groups excluding carboxylic acids is 3. The number of ether oxygens (including phenoxy) is 2. The van der Waals surface area contributed by atoms with Crippen LogP contribution < -0.4 is 21.2 Å². The highest BCUT2D eigenvalue weighted by Gasteiger charge is 2.45. The van der Waals surface area contributed by atoms with Crippen LogP contribution in [0.2, 0.25) is 0 Å². The number of esters is 2. The lowest BCUT2D eigenvalue weighted by atomic mass is 10.1. The lowest BCUT2D eigenvalue weighted by Crippen LogP contribution is -2.42. The summed E-state index contributed by atoms with van der Waals surface area (Å²) in [6.45, 7) is 3.85. The molecule has 0 saturated carbocycles. The summed E-state index contributed by atoms with van der Waals surface area (Å²) in [7, 11) is -2.09. The molecule has 0 spiro atoms. The number of hydrogen-bond donors (Lipinski definition) is 1. The first-order valence-corrected chi connectivity index (χ1v) is 16.2. The van der Waals surface area contributed by atoms with Crippen LogP contribution in [0.4, 0.5) is 0 Å². The highest BCUT2D eigenvalue weighted by atomic mass is 31.2. The molecule has 0 aliphatic heterocycles. The summed E-state index contributed by atoms with van der Waals surface area (Å²) in [4.78, 5) is 37.5. The van der Waals surface area contributed by atoms with Crippen LogP contribution in [0.5, 0.6) is 0 Å². The second-order valence-corrected chi connectivity index (χ2v) is 13.3. The quantitative estimate of drug-likeness (QED) is 0.174. The normalized spacial score (nSPS) is 11.8. The molecule has 1 atom stereocenters. The van der Waals surface area contributed by atoms with Crippen molar-refractivity contribution in [2.24, 2.45) is 0 Å². The Bertz CT molecular complexity index is 1350. The van der Waals surface area contributed by atoms with Crippen molar-refractivity contribution in [2.75, 3.05) is 13.2 Å². The SMILES string of the molecule is CCOC(=O)CCC(NC(=O)c1ccc(C[P+](c2ccccc2)(c2ccccc2)c2ccccc2)cc1)C(=O)OCC. The molecule has 1 unspecified atom stereocenters. The third-order valence-electron chi connectivity index (χ3n) is 7.05. The molecule has 1 N–H and O–H groups in total. The van der Waals surface area contributed by atoms with Gasteiger partial charge in [-0.25, -0.2) is 4.79 Å². The Morgan fingerprint density at radius 2 is 1.14 bits per heavy atom. The zero-order chi connectivity index (χ0) is 29.8. The summed E-state index contributed by atoms with van der Waals surface area (Å²) in [5, 5.41) is 6.59. The van der Waals surface area contributed by atoms with Crippen LogP contribution in [0.25, 0.3) is 0 Å². The van der Waals surface area contributed by atoms with Crippen molar-refractivity contribution < 1.29 is 23.9 Å². The number of amides is 1. The van der Waals surface area contributed by atoms with Crippen LogP contribution in [0, 0.1) is 0 Å². The molecule has 0 saturated heterocycles. The van der Waals surface area contributed by atoms with Crippen molar-refractivity contribution >= 4 is 41.0 Å². The minimum atomic E-state index is -2.09. The Labute approximate surface area is 248 Å². The average Bonchev–Trinajstić information content (AvgIpc) is 3.03. The van der Waals surface area contributed by atoms with E-state index >= 15 is 0 Å². The van der Waals surface area contributed by atoms with Gasteiger partial charge in [0.15, 0.2) is 0 Å². The van der Waals surface area contributed by atoms with Gasteiger partial charge in [-0.05, 0) is 74.4 Å². The summed E-state index contributed by atoms with van der Waals surface area (Å²) in [5.41, 5.74) is 1.52. The van der Waals surface area contributed by atoms with E-state index < -0.39 is 31.2 Å². The van der Waals surface area contributed by atoms with Gasteiger partial charge in [0.25, 0.3) is 5.91 Å². The van der Waals surface area contributed by atoms with Gasteiger partial charge in [0, 0.05) is 12.0 Å². The lowest BCUT2D eigenvalue weighted by molar-refractivity contribution is -0.146. The predicted octanol–water partition coefficient (Wildman–Crippen LogP) is 5.19. The topological polar surface area (TPSA) is 81.7 Å². The van der Waals surface area contributed by atoms with Gasteiger partial charge in [0.2, 0.25) is 0 Å². The van der Waals surface area contributed by atoms with Gasteiger partial charge in [-0.1, -0.05) is 66.7 Å². The molecule has 4 aromatic rings. The summed E-state index contributed by atoms with van der Waals surface area (Å²) in [5.74, 6) is -1.40. The fourth-order valence-electron chi connectivity index (χ4n) is 5.03. The largest absolute Gasteiger partial charge is 0.466 e. The molecule has 0 bridgehead atoms. The molecule has 42 heavy (non-hydrogen) atoms. The average molecular weight is 583 g/mol. The Morgan fingerprint density at radius 1 is 0.667 bits per heavy atom. The number of benzene rings is 4.